The number of nitrogens with one attached hydrogen (secondary N) is 1. The molecule has 3 heteroatoms. The van der Waals surface area contributed by atoms with Gasteiger partial charge in [-0.2, -0.15) is 0 Å². The zero-order valence-corrected chi connectivity index (χ0v) is 5.87. The van der Waals surface area contributed by atoms with Gasteiger partial charge in [0.05, 0.1) is 6.42 Å². The Bertz CT molecular complexity index is 264. The first-order valence-corrected chi connectivity index (χ1v) is 3.38. The lowest BCUT2D eigenvalue weighted by atomic mass is 10.3. The van der Waals surface area contributed by atoms with E-state index in [1.165, 1.54) is 0 Å². The Morgan fingerprint density at radius 2 is 2.64 bits per heavy atom. The van der Waals surface area contributed by atoms with Gasteiger partial charge in [-0.1, -0.05) is 0 Å². The van der Waals surface area contributed by atoms with Crippen LogP contribution in [0.4, 0.5) is 0 Å². The van der Waals surface area contributed by atoms with Gasteiger partial charge in [-0.3, -0.25) is 0 Å². The average molecular weight is 147 g/mol. The summed E-state index contributed by atoms with van der Waals surface area (Å²) in [7, 11) is 0. The van der Waals surface area contributed by atoms with Crippen LogP contribution in [0.25, 0.3) is 0 Å². The topological polar surface area (TPSA) is 41.8 Å². The van der Waals surface area contributed by atoms with Crippen molar-refractivity contribution in [1.29, 1.82) is 0 Å². The van der Waals surface area contributed by atoms with Crippen LogP contribution in [-0.4, -0.2) is 9.97 Å². The predicted molar refractivity (Wildman–Crippen MR) is 38.9 cm³/mol. The van der Waals surface area contributed by atoms with E-state index >= 15 is 0 Å². The van der Waals surface area contributed by atoms with Gasteiger partial charge in [-0.15, -0.1) is 0 Å². The molecule has 11 heavy (non-hydrogen) atoms. The van der Waals surface area contributed by atoms with Gasteiger partial charge in [0.1, 0.15) is 11.6 Å². The van der Waals surface area contributed by atoms with E-state index in [2.05, 4.69) is 16.2 Å². The molecule has 1 N–H and O–H groups in total. The van der Waals surface area contributed by atoms with Crippen molar-refractivity contribution in [3.8, 4) is 0 Å². The Morgan fingerprint density at radius 1 is 1.64 bits per heavy atom. The van der Waals surface area contributed by atoms with Gasteiger partial charge in [0.25, 0.3) is 0 Å². The molecule has 0 aromatic carbocycles. The quantitative estimate of drug-likeness (QED) is 0.697. The number of hydrogen-bond acceptors (Lipinski definition) is 2. The van der Waals surface area contributed by atoms with E-state index < -0.39 is 0 Å². The minimum atomic E-state index is 0.705. The van der Waals surface area contributed by atoms with Crippen molar-refractivity contribution in [2.45, 2.75) is 6.42 Å². The van der Waals surface area contributed by atoms with Crippen LogP contribution in [0.1, 0.15) is 11.6 Å². The standard InChI is InChI=1S/C8H7N2O/c1-2-7(11-5-1)6-8-9-3-4-10-8/h1-4H,6H2,(H,9,10). The molecular formula is C8H7N2O. The molecule has 0 atom stereocenters. The Kier molecular flexibility index (Phi) is 1.48. The summed E-state index contributed by atoms with van der Waals surface area (Å²) < 4.78 is 5.02. The smallest absolute Gasteiger partial charge is 0.169 e. The van der Waals surface area contributed by atoms with Gasteiger partial charge in [0, 0.05) is 12.4 Å². The number of H-pyrrole nitrogens is 1. The highest BCUT2D eigenvalue weighted by Crippen LogP contribution is 2.04. The highest BCUT2D eigenvalue weighted by atomic mass is 16.3. The van der Waals surface area contributed by atoms with Crippen LogP contribution in [0, 0.1) is 6.26 Å². The van der Waals surface area contributed by atoms with E-state index in [1.54, 1.807) is 18.5 Å². The lowest BCUT2D eigenvalue weighted by molar-refractivity contribution is 0.510. The minimum Gasteiger partial charge on any atom is -0.457 e. The summed E-state index contributed by atoms with van der Waals surface area (Å²) in [5.41, 5.74) is 0. The average Bonchev–Trinajstić information content (AvgIpc) is 2.60. The number of rotatable bonds is 2. The van der Waals surface area contributed by atoms with E-state index in [0.717, 1.165) is 11.6 Å². The van der Waals surface area contributed by atoms with E-state index in [-0.39, 0.29) is 0 Å². The molecule has 0 saturated heterocycles. The second-order valence-corrected chi connectivity index (χ2v) is 2.23. The summed E-state index contributed by atoms with van der Waals surface area (Å²) in [6.07, 6.45) is 6.85. The zero-order chi connectivity index (χ0) is 7.52. The van der Waals surface area contributed by atoms with Gasteiger partial charge < -0.3 is 9.40 Å². The minimum absolute atomic E-state index is 0.705. The van der Waals surface area contributed by atoms with Crippen LogP contribution >= 0.6 is 0 Å². The molecular weight excluding hydrogens is 140 g/mol. The number of aromatic nitrogens is 2. The summed E-state index contributed by atoms with van der Waals surface area (Å²) in [6, 6.07) is 3.63. The molecule has 0 spiro atoms. The van der Waals surface area contributed by atoms with Gasteiger partial charge >= 0.3 is 0 Å². The van der Waals surface area contributed by atoms with Crippen LogP contribution in [-0.2, 0) is 6.42 Å². The largest absolute Gasteiger partial charge is 0.457 e. The fourth-order valence-electron chi connectivity index (χ4n) is 0.925. The molecule has 2 aromatic rings. The SMILES string of the molecule is [c]1ccc(Cc2ncc[nH]2)o1. The van der Waals surface area contributed by atoms with Gasteiger partial charge in [-0.05, 0) is 12.1 Å². The fourth-order valence-corrected chi connectivity index (χ4v) is 0.925. The molecule has 0 aliphatic heterocycles. The maximum atomic E-state index is 5.02. The molecule has 2 rings (SSSR count). The summed E-state index contributed by atoms with van der Waals surface area (Å²) >= 11 is 0. The van der Waals surface area contributed by atoms with Crippen LogP contribution in [0.5, 0.6) is 0 Å². The lowest BCUT2D eigenvalue weighted by Crippen LogP contribution is -1.87. The van der Waals surface area contributed by atoms with Crippen LogP contribution in [0.2, 0.25) is 0 Å². The molecule has 0 unspecified atom stereocenters. The van der Waals surface area contributed by atoms with Crippen molar-refractivity contribution in [2.75, 3.05) is 0 Å². The number of aromatic amines is 1. The van der Waals surface area contributed by atoms with Crippen molar-refractivity contribution >= 4 is 0 Å². The molecule has 0 fully saturated rings. The third-order valence-corrected chi connectivity index (χ3v) is 1.42. The number of nitrogens with zero attached hydrogens (tertiary/aromatic N) is 1. The third-order valence-electron chi connectivity index (χ3n) is 1.42. The Hall–Kier alpha value is -1.51. The monoisotopic (exact) mass is 147 g/mol. The number of hydrogen-bond donors (Lipinski definition) is 1. The molecule has 1 radical (unpaired) electrons. The Morgan fingerprint density at radius 3 is 3.27 bits per heavy atom. The highest BCUT2D eigenvalue weighted by Gasteiger charge is 1.98. The van der Waals surface area contributed by atoms with Crippen molar-refractivity contribution in [1.82, 2.24) is 9.97 Å². The van der Waals surface area contributed by atoms with Crippen molar-refractivity contribution < 1.29 is 4.42 Å². The first-order chi connectivity index (χ1) is 5.45. The van der Waals surface area contributed by atoms with E-state index in [0.29, 0.717) is 6.42 Å². The summed E-state index contributed by atoms with van der Waals surface area (Å²) in [5.74, 6) is 1.79. The van der Waals surface area contributed by atoms with E-state index in [1.807, 2.05) is 6.07 Å². The van der Waals surface area contributed by atoms with Crippen molar-refractivity contribution in [3.05, 3.63) is 42.4 Å². The molecule has 0 bridgehead atoms. The van der Waals surface area contributed by atoms with Crippen molar-refractivity contribution in [2.24, 2.45) is 0 Å². The number of furan rings is 1. The van der Waals surface area contributed by atoms with Crippen LogP contribution in [0.15, 0.2) is 28.9 Å². The maximum Gasteiger partial charge on any atom is 0.169 e. The molecule has 0 saturated carbocycles. The molecule has 3 nitrogen and oxygen atoms in total. The lowest BCUT2D eigenvalue weighted by Gasteiger charge is -1.89. The zero-order valence-electron chi connectivity index (χ0n) is 5.87. The highest BCUT2D eigenvalue weighted by molar-refractivity contribution is 5.05. The first kappa shape index (κ1) is 6.22. The predicted octanol–water partition coefficient (Wildman–Crippen LogP) is 1.39. The first-order valence-electron chi connectivity index (χ1n) is 3.38. The van der Waals surface area contributed by atoms with Crippen LogP contribution < -0.4 is 0 Å². The fraction of sp³-hybridized carbons (Fsp3) is 0.125. The summed E-state index contributed by atoms with van der Waals surface area (Å²) in [5, 5.41) is 0. The normalized spacial score (nSPS) is 10.2. The summed E-state index contributed by atoms with van der Waals surface area (Å²) in [4.78, 5) is 7.05. The molecule has 0 aliphatic rings. The van der Waals surface area contributed by atoms with E-state index in [9.17, 15) is 0 Å². The molecule has 55 valence electrons. The van der Waals surface area contributed by atoms with Gasteiger partial charge in [0.15, 0.2) is 6.26 Å². The maximum absolute atomic E-state index is 5.02. The summed E-state index contributed by atoms with van der Waals surface area (Å²) in [6.45, 7) is 0. The van der Waals surface area contributed by atoms with Crippen molar-refractivity contribution in [3.63, 3.8) is 0 Å². The molecule has 2 aromatic heterocycles. The second kappa shape index (κ2) is 2.62. The Labute approximate surface area is 64.1 Å². The van der Waals surface area contributed by atoms with Gasteiger partial charge in [-0.25, -0.2) is 4.98 Å². The Balaban J connectivity index is 2.14. The van der Waals surface area contributed by atoms with E-state index in [4.69, 9.17) is 4.42 Å². The molecule has 2 heterocycles. The molecule has 0 amide bonds. The second-order valence-electron chi connectivity index (χ2n) is 2.23. The third kappa shape index (κ3) is 1.32. The van der Waals surface area contributed by atoms with Gasteiger partial charge in [0.2, 0.25) is 0 Å². The number of imidazole rings is 1. The van der Waals surface area contributed by atoms with Crippen LogP contribution in [0.3, 0.4) is 0 Å². The molecule has 0 aliphatic carbocycles.